The fraction of sp³-hybridized carbons (Fsp3) is 0.118. The lowest BCUT2D eigenvalue weighted by molar-refractivity contribution is -0.173. The largest absolute Gasteiger partial charge is 0.357 e. The summed E-state index contributed by atoms with van der Waals surface area (Å²) >= 11 is 0. The second-order valence-electron chi connectivity index (χ2n) is 5.08. The van der Waals surface area contributed by atoms with Gasteiger partial charge in [0.15, 0.2) is 0 Å². The molecule has 0 aliphatic carbocycles. The number of carbonyl (C=O) groups is 1. The molecule has 2 aromatic carbocycles. The second kappa shape index (κ2) is 8.43. The highest BCUT2D eigenvalue weighted by Gasteiger charge is 2.10. The summed E-state index contributed by atoms with van der Waals surface area (Å²) in [6, 6.07) is 15.6. The monoisotopic (exact) mass is 362 g/mol. The van der Waals surface area contributed by atoms with Crippen LogP contribution in [-0.2, 0) is 26.5 Å². The summed E-state index contributed by atoms with van der Waals surface area (Å²) in [5, 5.41) is 1.22. The van der Waals surface area contributed by atoms with E-state index in [-0.39, 0.29) is 11.6 Å². The molecule has 0 aliphatic heterocycles. The van der Waals surface area contributed by atoms with Gasteiger partial charge in [-0.15, -0.1) is 0 Å². The van der Waals surface area contributed by atoms with E-state index >= 15 is 0 Å². The number of amides is 1. The summed E-state index contributed by atoms with van der Waals surface area (Å²) in [6.45, 7) is 0.317. The second-order valence-corrected chi connectivity index (χ2v) is 6.23. The van der Waals surface area contributed by atoms with Crippen LogP contribution in [0.5, 0.6) is 0 Å². The fourth-order valence-electron chi connectivity index (χ4n) is 2.04. The van der Waals surface area contributed by atoms with Gasteiger partial charge in [0.1, 0.15) is 0 Å². The molecule has 0 aromatic heterocycles. The molecule has 0 bridgehead atoms. The van der Waals surface area contributed by atoms with Crippen LogP contribution in [0.25, 0.3) is 6.08 Å². The lowest BCUT2D eigenvalue weighted by Gasteiger charge is -2.17. The van der Waals surface area contributed by atoms with E-state index in [2.05, 4.69) is 0 Å². The summed E-state index contributed by atoms with van der Waals surface area (Å²) in [4.78, 5) is 17.3. The maximum Gasteiger partial charge on any atom is 0.357 e. The Bertz CT molecular complexity index is 833. The molecule has 132 valence electrons. The minimum atomic E-state index is -4.31. The van der Waals surface area contributed by atoms with Crippen molar-refractivity contribution in [3.8, 4) is 0 Å². The summed E-state index contributed by atoms with van der Waals surface area (Å²) in [5.41, 5.74) is 1.84. The van der Waals surface area contributed by atoms with Crippen LogP contribution in [0.4, 0.5) is 5.69 Å². The van der Waals surface area contributed by atoms with Gasteiger partial charge >= 0.3 is 10.3 Å². The lowest BCUT2D eigenvalue weighted by Crippen LogP contribution is -2.27. The average molecular weight is 362 g/mol. The molecule has 0 unspecified atom stereocenters. The SMILES string of the molecule is CON(Cc1ccccc1)C(=O)C=Cc1ccc(NS(=O)(=O)O)cc1. The first-order valence-electron chi connectivity index (χ1n) is 7.30. The number of anilines is 1. The Labute approximate surface area is 146 Å². The third-order valence-electron chi connectivity index (χ3n) is 3.21. The van der Waals surface area contributed by atoms with Crippen molar-refractivity contribution in [2.45, 2.75) is 6.54 Å². The van der Waals surface area contributed by atoms with Gasteiger partial charge in [0.25, 0.3) is 5.91 Å². The van der Waals surface area contributed by atoms with Gasteiger partial charge in [-0.1, -0.05) is 42.5 Å². The number of hydroxylamine groups is 2. The number of hydrogen-bond donors (Lipinski definition) is 2. The molecular weight excluding hydrogens is 344 g/mol. The maximum absolute atomic E-state index is 12.2. The normalized spacial score (nSPS) is 11.4. The highest BCUT2D eigenvalue weighted by Crippen LogP contribution is 2.12. The van der Waals surface area contributed by atoms with E-state index in [9.17, 15) is 13.2 Å². The molecule has 0 heterocycles. The van der Waals surface area contributed by atoms with E-state index in [4.69, 9.17) is 9.39 Å². The first kappa shape index (κ1) is 18.7. The van der Waals surface area contributed by atoms with Gasteiger partial charge in [-0.25, -0.2) is 5.06 Å². The van der Waals surface area contributed by atoms with Gasteiger partial charge in [0, 0.05) is 6.08 Å². The number of hydrogen-bond acceptors (Lipinski definition) is 4. The molecule has 2 rings (SSSR count). The zero-order chi connectivity index (χ0) is 18.3. The van der Waals surface area contributed by atoms with Crippen molar-refractivity contribution in [2.75, 3.05) is 11.8 Å². The summed E-state index contributed by atoms with van der Waals surface area (Å²) < 4.78 is 32.1. The Balaban J connectivity index is 2.00. The van der Waals surface area contributed by atoms with Gasteiger partial charge in [-0.05, 0) is 29.3 Å². The standard InChI is InChI=1S/C17H18N2O5S/c1-24-19(13-15-5-3-2-4-6-15)17(20)12-9-14-7-10-16(11-8-14)18-25(21,22)23/h2-12,18H,13H2,1H3,(H,21,22,23). The van der Waals surface area contributed by atoms with E-state index < -0.39 is 10.3 Å². The predicted octanol–water partition coefficient (Wildman–Crippen LogP) is 2.50. The molecule has 25 heavy (non-hydrogen) atoms. The quantitative estimate of drug-likeness (QED) is 0.448. The van der Waals surface area contributed by atoms with Crippen LogP contribution in [0.1, 0.15) is 11.1 Å². The maximum atomic E-state index is 12.2. The van der Waals surface area contributed by atoms with E-state index in [1.54, 1.807) is 18.2 Å². The minimum absolute atomic E-state index is 0.216. The lowest BCUT2D eigenvalue weighted by atomic mass is 10.2. The molecule has 0 atom stereocenters. The Kier molecular flexibility index (Phi) is 6.29. The zero-order valence-electron chi connectivity index (χ0n) is 13.5. The van der Waals surface area contributed by atoms with Crippen LogP contribution in [0, 0.1) is 0 Å². The fourth-order valence-corrected chi connectivity index (χ4v) is 2.48. The summed E-state index contributed by atoms with van der Waals surface area (Å²) in [5.74, 6) is -0.327. The van der Waals surface area contributed by atoms with Crippen LogP contribution in [0.15, 0.2) is 60.7 Å². The highest BCUT2D eigenvalue weighted by molar-refractivity contribution is 7.87. The van der Waals surface area contributed by atoms with Gasteiger partial charge < -0.3 is 0 Å². The minimum Gasteiger partial charge on any atom is -0.274 e. The van der Waals surface area contributed by atoms with E-state index in [0.29, 0.717) is 12.1 Å². The van der Waals surface area contributed by atoms with E-state index in [1.165, 1.54) is 30.4 Å². The Morgan fingerprint density at radius 2 is 1.80 bits per heavy atom. The molecule has 1 amide bonds. The molecule has 8 heteroatoms. The van der Waals surface area contributed by atoms with Crippen molar-refractivity contribution < 1.29 is 22.6 Å². The molecule has 7 nitrogen and oxygen atoms in total. The van der Waals surface area contributed by atoms with E-state index in [0.717, 1.165) is 5.56 Å². The Morgan fingerprint density at radius 3 is 2.36 bits per heavy atom. The third-order valence-corrected chi connectivity index (χ3v) is 3.70. The number of benzene rings is 2. The Morgan fingerprint density at radius 1 is 1.16 bits per heavy atom. The molecule has 2 aromatic rings. The van der Waals surface area contributed by atoms with Crippen molar-refractivity contribution in [3.05, 3.63) is 71.8 Å². The van der Waals surface area contributed by atoms with Crippen molar-refractivity contribution in [1.29, 1.82) is 0 Å². The van der Waals surface area contributed by atoms with Crippen molar-refractivity contribution in [3.63, 3.8) is 0 Å². The van der Waals surface area contributed by atoms with Gasteiger partial charge in [0.05, 0.1) is 19.3 Å². The topological polar surface area (TPSA) is 95.9 Å². The molecule has 0 saturated heterocycles. The van der Waals surface area contributed by atoms with Crippen molar-refractivity contribution in [1.82, 2.24) is 5.06 Å². The van der Waals surface area contributed by atoms with Crippen molar-refractivity contribution in [2.24, 2.45) is 0 Å². The number of carbonyl (C=O) groups excluding carboxylic acids is 1. The first-order chi connectivity index (χ1) is 11.9. The molecule has 0 saturated carbocycles. The molecule has 0 aliphatic rings. The van der Waals surface area contributed by atoms with Gasteiger partial charge in [-0.3, -0.25) is 18.9 Å². The molecular formula is C17H18N2O5S. The Hall–Kier alpha value is -2.68. The van der Waals surface area contributed by atoms with Gasteiger partial charge in [-0.2, -0.15) is 8.42 Å². The zero-order valence-corrected chi connectivity index (χ0v) is 14.3. The van der Waals surface area contributed by atoms with Gasteiger partial charge in [0.2, 0.25) is 0 Å². The number of rotatable bonds is 7. The predicted molar refractivity (Wildman–Crippen MR) is 94.6 cm³/mol. The smallest absolute Gasteiger partial charge is 0.274 e. The molecule has 0 fully saturated rings. The molecule has 2 N–H and O–H groups in total. The van der Waals surface area contributed by atoms with Crippen LogP contribution < -0.4 is 4.72 Å². The number of nitrogens with one attached hydrogen (secondary N) is 1. The van der Waals surface area contributed by atoms with Crippen molar-refractivity contribution >= 4 is 28.0 Å². The highest BCUT2D eigenvalue weighted by atomic mass is 32.2. The van der Waals surface area contributed by atoms with E-state index in [1.807, 2.05) is 35.1 Å². The van der Waals surface area contributed by atoms with Crippen LogP contribution in [0.3, 0.4) is 0 Å². The third kappa shape index (κ3) is 6.38. The van der Waals surface area contributed by atoms with Crippen LogP contribution in [0.2, 0.25) is 0 Å². The number of nitrogens with zero attached hydrogens (tertiary/aromatic N) is 1. The molecule has 0 spiro atoms. The molecule has 0 radical (unpaired) electrons. The van der Waals surface area contributed by atoms with Crippen LogP contribution >= 0.6 is 0 Å². The average Bonchev–Trinajstić information content (AvgIpc) is 2.58. The summed E-state index contributed by atoms with van der Waals surface area (Å²) in [7, 11) is -2.88. The first-order valence-corrected chi connectivity index (χ1v) is 8.74. The van der Waals surface area contributed by atoms with Crippen LogP contribution in [-0.4, -0.2) is 31.1 Å². The summed E-state index contributed by atoms with van der Waals surface area (Å²) in [6.07, 6.45) is 2.94.